The fraction of sp³-hybridized carbons (Fsp3) is 0.523. The molecule has 0 N–H and O–H groups in total. The highest BCUT2D eigenvalue weighted by Crippen LogP contribution is 2.42. The normalized spacial score (nSPS) is 19.0. The van der Waals surface area contributed by atoms with E-state index in [1.165, 1.54) is 84.5 Å². The van der Waals surface area contributed by atoms with E-state index >= 15 is 0 Å². The molecule has 6 rings (SSSR count). The van der Waals surface area contributed by atoms with Crippen molar-refractivity contribution >= 4 is 27.8 Å². The largest absolute Gasteiger partial charge is 0.303 e. The van der Waals surface area contributed by atoms with Crippen LogP contribution >= 0.6 is 0 Å². The molecule has 2 saturated heterocycles. The van der Waals surface area contributed by atoms with Gasteiger partial charge in [0.1, 0.15) is 0 Å². The van der Waals surface area contributed by atoms with Gasteiger partial charge in [-0.3, -0.25) is 4.99 Å². The smallest absolute Gasteiger partial charge is 0.0483 e. The lowest BCUT2D eigenvalue weighted by molar-refractivity contribution is 0.255. The monoisotopic (exact) mass is 629 g/mol. The number of hydrogen-bond donors (Lipinski definition) is 0. The molecule has 2 heterocycles. The molecule has 4 aromatic carbocycles. The van der Waals surface area contributed by atoms with Crippen molar-refractivity contribution in [3.8, 4) is 0 Å². The molecule has 0 bridgehead atoms. The van der Waals surface area contributed by atoms with Crippen LogP contribution in [0, 0.1) is 11.8 Å². The van der Waals surface area contributed by atoms with Crippen molar-refractivity contribution in [2.45, 2.75) is 89.9 Å². The molecular weight excluding hydrogens is 571 g/mol. The molecule has 0 aromatic heterocycles. The van der Waals surface area contributed by atoms with Crippen molar-refractivity contribution in [3.05, 3.63) is 96.1 Å². The molecule has 2 aliphatic heterocycles. The van der Waals surface area contributed by atoms with E-state index in [0.717, 1.165) is 45.3 Å². The van der Waals surface area contributed by atoms with Gasteiger partial charge in [0.15, 0.2) is 0 Å². The predicted octanol–water partition coefficient (Wildman–Crippen LogP) is 10.3. The highest BCUT2D eigenvalue weighted by atomic mass is 15.1. The van der Waals surface area contributed by atoms with Crippen LogP contribution in [-0.4, -0.2) is 61.8 Å². The summed E-state index contributed by atoms with van der Waals surface area (Å²) in [6.07, 6.45) is 12.3. The second kappa shape index (κ2) is 15.5. The number of nitrogens with zero attached hydrogens (tertiary/aromatic N) is 3. The standard InChI is InChI=1S/C44H59N3/c1-35(2)31-43(23-29-46-25-9-10-26-46,41-21-13-17-37-15-5-7-19-39(37)41)33-45-34-44(32-36(3)4,24-30-47-27-11-12-28-47)42-22-14-18-38-16-6-8-20-40(38)42/h5-8,13-22,33,35-36H,9-12,23-32,34H2,1-4H3. The fourth-order valence-electron chi connectivity index (χ4n) is 9.10. The topological polar surface area (TPSA) is 18.8 Å². The van der Waals surface area contributed by atoms with E-state index in [-0.39, 0.29) is 10.8 Å². The van der Waals surface area contributed by atoms with Gasteiger partial charge in [0, 0.05) is 23.6 Å². The van der Waals surface area contributed by atoms with E-state index in [1.807, 2.05) is 0 Å². The molecule has 47 heavy (non-hydrogen) atoms. The zero-order chi connectivity index (χ0) is 32.7. The van der Waals surface area contributed by atoms with Crippen LogP contribution in [0.1, 0.15) is 90.2 Å². The minimum Gasteiger partial charge on any atom is -0.303 e. The lowest BCUT2D eigenvalue weighted by atomic mass is 9.69. The second-order valence-electron chi connectivity index (χ2n) is 15.8. The summed E-state index contributed by atoms with van der Waals surface area (Å²) in [5.41, 5.74) is 2.82. The van der Waals surface area contributed by atoms with Crippen molar-refractivity contribution in [1.82, 2.24) is 9.80 Å². The first-order valence-electron chi connectivity index (χ1n) is 18.8. The van der Waals surface area contributed by atoms with Gasteiger partial charge in [-0.1, -0.05) is 113 Å². The van der Waals surface area contributed by atoms with Crippen LogP contribution in [0.3, 0.4) is 0 Å². The van der Waals surface area contributed by atoms with Crippen LogP contribution in [0.2, 0.25) is 0 Å². The van der Waals surface area contributed by atoms with Crippen LogP contribution in [0.4, 0.5) is 0 Å². The SMILES string of the molecule is CC(C)CC(C=NCC(CCN1CCCC1)(CC(C)C)c1cccc2ccccc12)(CCN1CCCC1)c1cccc2ccccc12. The van der Waals surface area contributed by atoms with Crippen molar-refractivity contribution in [3.63, 3.8) is 0 Å². The summed E-state index contributed by atoms with van der Waals surface area (Å²) >= 11 is 0. The van der Waals surface area contributed by atoms with E-state index in [0.29, 0.717) is 11.8 Å². The number of hydrogen-bond acceptors (Lipinski definition) is 3. The average Bonchev–Trinajstić information content (AvgIpc) is 3.80. The summed E-state index contributed by atoms with van der Waals surface area (Å²) < 4.78 is 0. The van der Waals surface area contributed by atoms with Crippen LogP contribution in [0.5, 0.6) is 0 Å². The lowest BCUT2D eigenvalue weighted by Gasteiger charge is -2.38. The summed E-state index contributed by atoms with van der Waals surface area (Å²) in [5.74, 6) is 1.14. The average molecular weight is 630 g/mol. The fourth-order valence-corrected chi connectivity index (χ4v) is 9.10. The van der Waals surface area contributed by atoms with Crippen LogP contribution in [-0.2, 0) is 10.8 Å². The molecule has 0 spiro atoms. The summed E-state index contributed by atoms with van der Waals surface area (Å²) in [6, 6.07) is 32.1. The molecule has 4 aromatic rings. The van der Waals surface area contributed by atoms with Crippen LogP contribution in [0.25, 0.3) is 21.5 Å². The number of benzene rings is 4. The molecule has 2 aliphatic rings. The van der Waals surface area contributed by atoms with Crippen LogP contribution < -0.4 is 0 Å². The van der Waals surface area contributed by atoms with Gasteiger partial charge in [0.2, 0.25) is 0 Å². The number of likely N-dealkylation sites (tertiary alicyclic amines) is 2. The van der Waals surface area contributed by atoms with E-state index in [4.69, 9.17) is 4.99 Å². The van der Waals surface area contributed by atoms with E-state index in [2.05, 4.69) is 129 Å². The Morgan fingerprint density at radius 2 is 1.09 bits per heavy atom. The van der Waals surface area contributed by atoms with Gasteiger partial charge >= 0.3 is 0 Å². The van der Waals surface area contributed by atoms with Crippen LogP contribution in [0.15, 0.2) is 89.9 Å². The molecule has 250 valence electrons. The van der Waals surface area contributed by atoms with Gasteiger partial charge in [-0.15, -0.1) is 0 Å². The molecule has 0 radical (unpaired) electrons. The summed E-state index contributed by atoms with van der Waals surface area (Å²) in [4.78, 5) is 11.1. The molecule has 0 saturated carbocycles. The number of aliphatic imine (C=N–C) groups is 1. The molecule has 3 nitrogen and oxygen atoms in total. The Kier molecular flexibility index (Phi) is 11.2. The third-order valence-corrected chi connectivity index (χ3v) is 11.2. The zero-order valence-electron chi connectivity index (χ0n) is 29.8. The Bertz CT molecular complexity index is 1600. The Hall–Kier alpha value is -3.01. The quantitative estimate of drug-likeness (QED) is 0.122. The van der Waals surface area contributed by atoms with Gasteiger partial charge in [-0.05, 0) is 135 Å². The van der Waals surface area contributed by atoms with Gasteiger partial charge in [0.05, 0.1) is 0 Å². The van der Waals surface area contributed by atoms with Gasteiger partial charge in [-0.25, -0.2) is 0 Å². The van der Waals surface area contributed by atoms with Gasteiger partial charge in [-0.2, -0.15) is 0 Å². The minimum absolute atomic E-state index is 0.0224. The number of fused-ring (bicyclic) bond motifs is 2. The maximum atomic E-state index is 5.72. The summed E-state index contributed by atoms with van der Waals surface area (Å²) in [5, 5.41) is 5.48. The Morgan fingerprint density at radius 3 is 1.66 bits per heavy atom. The second-order valence-corrected chi connectivity index (χ2v) is 15.8. The predicted molar refractivity (Wildman–Crippen MR) is 204 cm³/mol. The van der Waals surface area contributed by atoms with Crippen molar-refractivity contribution in [2.75, 3.05) is 45.8 Å². The Morgan fingerprint density at radius 1 is 0.596 bits per heavy atom. The van der Waals surface area contributed by atoms with Crippen molar-refractivity contribution in [1.29, 1.82) is 0 Å². The van der Waals surface area contributed by atoms with Crippen molar-refractivity contribution < 1.29 is 0 Å². The maximum Gasteiger partial charge on any atom is 0.0483 e. The third kappa shape index (κ3) is 8.01. The molecule has 0 amide bonds. The molecule has 3 heteroatoms. The maximum absolute atomic E-state index is 5.72. The molecule has 2 fully saturated rings. The Balaban J connectivity index is 1.45. The first-order valence-corrected chi connectivity index (χ1v) is 18.8. The summed E-state index contributed by atoms with van der Waals surface area (Å²) in [7, 11) is 0. The molecule has 0 aliphatic carbocycles. The van der Waals surface area contributed by atoms with Gasteiger partial charge < -0.3 is 9.80 Å². The molecule has 2 atom stereocenters. The highest BCUT2D eigenvalue weighted by Gasteiger charge is 2.37. The Labute approximate surface area is 285 Å². The van der Waals surface area contributed by atoms with E-state index < -0.39 is 0 Å². The summed E-state index contributed by atoms with van der Waals surface area (Å²) in [6.45, 7) is 17.7. The lowest BCUT2D eigenvalue weighted by Crippen LogP contribution is -2.38. The first kappa shape index (κ1) is 33.9. The minimum atomic E-state index is -0.116. The van der Waals surface area contributed by atoms with E-state index in [1.54, 1.807) is 0 Å². The van der Waals surface area contributed by atoms with E-state index in [9.17, 15) is 0 Å². The van der Waals surface area contributed by atoms with Crippen molar-refractivity contribution in [2.24, 2.45) is 16.8 Å². The molecular formula is C44H59N3. The first-order chi connectivity index (χ1) is 22.9. The van der Waals surface area contributed by atoms with Gasteiger partial charge in [0.25, 0.3) is 0 Å². The highest BCUT2D eigenvalue weighted by molar-refractivity contribution is 5.91. The molecule has 2 unspecified atom stereocenters. The zero-order valence-corrected chi connectivity index (χ0v) is 29.8. The number of rotatable bonds is 15. The third-order valence-electron chi connectivity index (χ3n) is 11.2.